The van der Waals surface area contributed by atoms with Gasteiger partial charge < -0.3 is 14.5 Å². The lowest BCUT2D eigenvalue weighted by atomic mass is 10.0. The Bertz CT molecular complexity index is 502. The van der Waals surface area contributed by atoms with E-state index in [9.17, 15) is 0 Å². The molecule has 0 amide bonds. The first-order chi connectivity index (χ1) is 8.33. The van der Waals surface area contributed by atoms with E-state index < -0.39 is 0 Å². The number of hydrogen-bond donors (Lipinski definition) is 1. The SMILES string of the molecule is C[C@@H]1CC[C@@H](Oc2nccn3ccnc23)CN1. The molecule has 3 rings (SSSR count). The molecular formula is C12H16N4O. The van der Waals surface area contributed by atoms with Gasteiger partial charge in [0.1, 0.15) is 6.10 Å². The number of fused-ring (bicyclic) bond motifs is 1. The smallest absolute Gasteiger partial charge is 0.258 e. The van der Waals surface area contributed by atoms with Gasteiger partial charge in [-0.15, -0.1) is 0 Å². The lowest BCUT2D eigenvalue weighted by Gasteiger charge is -2.27. The first-order valence-corrected chi connectivity index (χ1v) is 6.00. The lowest BCUT2D eigenvalue weighted by molar-refractivity contribution is 0.148. The highest BCUT2D eigenvalue weighted by Gasteiger charge is 2.20. The molecule has 2 atom stereocenters. The van der Waals surface area contributed by atoms with E-state index in [0.717, 1.165) is 25.0 Å². The first kappa shape index (κ1) is 10.5. The summed E-state index contributed by atoms with van der Waals surface area (Å²) in [6.07, 6.45) is 9.66. The van der Waals surface area contributed by atoms with Gasteiger partial charge in [0, 0.05) is 37.4 Å². The first-order valence-electron chi connectivity index (χ1n) is 6.00. The second kappa shape index (κ2) is 4.33. The summed E-state index contributed by atoms with van der Waals surface area (Å²) in [6, 6.07) is 0.588. The van der Waals surface area contributed by atoms with Crippen LogP contribution in [-0.4, -0.2) is 33.1 Å². The molecule has 3 heterocycles. The van der Waals surface area contributed by atoms with Crippen LogP contribution in [0.5, 0.6) is 5.88 Å². The highest BCUT2D eigenvalue weighted by Crippen LogP contribution is 2.18. The highest BCUT2D eigenvalue weighted by molar-refractivity contribution is 5.48. The number of aromatic nitrogens is 3. The van der Waals surface area contributed by atoms with Crippen molar-refractivity contribution in [3.8, 4) is 5.88 Å². The molecule has 17 heavy (non-hydrogen) atoms. The number of nitrogens with zero attached hydrogens (tertiary/aromatic N) is 3. The van der Waals surface area contributed by atoms with Gasteiger partial charge in [-0.25, -0.2) is 9.97 Å². The highest BCUT2D eigenvalue weighted by atomic mass is 16.5. The van der Waals surface area contributed by atoms with E-state index in [1.807, 2.05) is 16.8 Å². The van der Waals surface area contributed by atoms with E-state index >= 15 is 0 Å². The summed E-state index contributed by atoms with van der Waals surface area (Å²) in [5, 5.41) is 3.41. The van der Waals surface area contributed by atoms with Gasteiger partial charge in [0.05, 0.1) is 0 Å². The van der Waals surface area contributed by atoms with Crippen molar-refractivity contribution in [1.82, 2.24) is 19.7 Å². The standard InChI is InChI=1S/C12H16N4O/c1-9-2-3-10(8-15-9)17-12-11-13-4-6-16(11)7-5-14-12/h4-7,9-10,15H,2-3,8H2,1H3/t9-,10-/m1/s1. The summed E-state index contributed by atoms with van der Waals surface area (Å²) < 4.78 is 7.84. The van der Waals surface area contributed by atoms with Crippen molar-refractivity contribution in [1.29, 1.82) is 0 Å². The van der Waals surface area contributed by atoms with Gasteiger partial charge in [-0.3, -0.25) is 0 Å². The predicted octanol–water partition coefficient (Wildman–Crippen LogP) is 1.25. The molecular weight excluding hydrogens is 216 g/mol. The largest absolute Gasteiger partial charge is 0.470 e. The van der Waals surface area contributed by atoms with Gasteiger partial charge in [-0.05, 0) is 19.8 Å². The Morgan fingerprint density at radius 1 is 1.29 bits per heavy atom. The van der Waals surface area contributed by atoms with Crippen molar-refractivity contribution in [2.75, 3.05) is 6.54 Å². The molecule has 2 aromatic heterocycles. The maximum Gasteiger partial charge on any atom is 0.258 e. The van der Waals surface area contributed by atoms with Crippen molar-refractivity contribution < 1.29 is 4.74 Å². The van der Waals surface area contributed by atoms with Crippen molar-refractivity contribution >= 4 is 5.65 Å². The van der Waals surface area contributed by atoms with Gasteiger partial charge in [-0.1, -0.05) is 0 Å². The Kier molecular flexibility index (Phi) is 2.68. The third-order valence-electron chi connectivity index (χ3n) is 3.17. The van der Waals surface area contributed by atoms with Crippen LogP contribution < -0.4 is 10.1 Å². The Hall–Kier alpha value is -1.62. The Balaban J connectivity index is 1.78. The normalized spacial score (nSPS) is 25.0. The predicted molar refractivity (Wildman–Crippen MR) is 64.1 cm³/mol. The summed E-state index contributed by atoms with van der Waals surface area (Å²) >= 11 is 0. The van der Waals surface area contributed by atoms with Gasteiger partial charge in [0.25, 0.3) is 5.88 Å². The van der Waals surface area contributed by atoms with E-state index in [0.29, 0.717) is 11.9 Å². The van der Waals surface area contributed by atoms with Gasteiger partial charge >= 0.3 is 0 Å². The molecule has 0 radical (unpaired) electrons. The molecule has 1 N–H and O–H groups in total. The van der Waals surface area contributed by atoms with E-state index in [1.54, 1.807) is 12.4 Å². The van der Waals surface area contributed by atoms with Crippen LogP contribution in [0.4, 0.5) is 0 Å². The van der Waals surface area contributed by atoms with Crippen LogP contribution in [0.1, 0.15) is 19.8 Å². The molecule has 0 saturated carbocycles. The second-order valence-electron chi connectivity index (χ2n) is 4.52. The second-order valence-corrected chi connectivity index (χ2v) is 4.52. The molecule has 0 bridgehead atoms. The van der Waals surface area contributed by atoms with Crippen molar-refractivity contribution in [2.24, 2.45) is 0 Å². The average Bonchev–Trinajstić information content (AvgIpc) is 2.81. The molecule has 90 valence electrons. The lowest BCUT2D eigenvalue weighted by Crippen LogP contribution is -2.42. The summed E-state index contributed by atoms with van der Waals surface area (Å²) in [5.74, 6) is 0.624. The summed E-state index contributed by atoms with van der Waals surface area (Å²) in [6.45, 7) is 3.08. The average molecular weight is 232 g/mol. The van der Waals surface area contributed by atoms with Crippen LogP contribution in [0.2, 0.25) is 0 Å². The Morgan fingerprint density at radius 2 is 2.12 bits per heavy atom. The number of nitrogens with one attached hydrogen (secondary N) is 1. The molecule has 0 aliphatic carbocycles. The quantitative estimate of drug-likeness (QED) is 0.846. The number of piperidine rings is 1. The van der Waals surface area contributed by atoms with Gasteiger partial charge in [-0.2, -0.15) is 0 Å². The fraction of sp³-hybridized carbons (Fsp3) is 0.500. The van der Waals surface area contributed by atoms with E-state index in [2.05, 4.69) is 22.2 Å². The van der Waals surface area contributed by atoms with E-state index in [1.165, 1.54) is 0 Å². The number of rotatable bonds is 2. The van der Waals surface area contributed by atoms with Crippen LogP contribution in [0.15, 0.2) is 24.8 Å². The molecule has 0 aromatic carbocycles. The molecule has 1 aliphatic rings. The minimum atomic E-state index is 0.196. The topological polar surface area (TPSA) is 51.5 Å². The maximum absolute atomic E-state index is 5.92. The third-order valence-corrected chi connectivity index (χ3v) is 3.17. The fourth-order valence-electron chi connectivity index (χ4n) is 2.14. The van der Waals surface area contributed by atoms with Crippen LogP contribution in [0.25, 0.3) is 5.65 Å². The number of imidazole rings is 1. The summed E-state index contributed by atoms with van der Waals surface area (Å²) in [4.78, 5) is 8.51. The number of ether oxygens (including phenoxy) is 1. The zero-order chi connectivity index (χ0) is 11.7. The molecule has 1 saturated heterocycles. The van der Waals surface area contributed by atoms with Crippen LogP contribution in [0, 0.1) is 0 Å². The van der Waals surface area contributed by atoms with Gasteiger partial charge in [0.15, 0.2) is 5.65 Å². The van der Waals surface area contributed by atoms with Crippen molar-refractivity contribution in [2.45, 2.75) is 31.9 Å². The number of hydrogen-bond acceptors (Lipinski definition) is 4. The molecule has 1 fully saturated rings. The molecule has 0 spiro atoms. The van der Waals surface area contributed by atoms with Gasteiger partial charge in [0.2, 0.25) is 0 Å². The molecule has 2 aromatic rings. The minimum Gasteiger partial charge on any atom is -0.470 e. The molecule has 1 aliphatic heterocycles. The summed E-state index contributed by atoms with van der Waals surface area (Å²) in [7, 11) is 0. The van der Waals surface area contributed by atoms with E-state index in [-0.39, 0.29) is 6.10 Å². The zero-order valence-electron chi connectivity index (χ0n) is 9.84. The monoisotopic (exact) mass is 232 g/mol. The van der Waals surface area contributed by atoms with Crippen LogP contribution in [-0.2, 0) is 0 Å². The minimum absolute atomic E-state index is 0.196. The maximum atomic E-state index is 5.92. The van der Waals surface area contributed by atoms with Crippen molar-refractivity contribution in [3.63, 3.8) is 0 Å². The van der Waals surface area contributed by atoms with E-state index in [4.69, 9.17) is 4.74 Å². The van der Waals surface area contributed by atoms with Crippen LogP contribution >= 0.6 is 0 Å². The molecule has 0 unspecified atom stereocenters. The Labute approximate surface area is 99.8 Å². The third kappa shape index (κ3) is 2.10. The van der Waals surface area contributed by atoms with Crippen molar-refractivity contribution in [3.05, 3.63) is 24.8 Å². The molecule has 5 heteroatoms. The zero-order valence-corrected chi connectivity index (χ0v) is 9.84. The van der Waals surface area contributed by atoms with Crippen LogP contribution in [0.3, 0.4) is 0 Å². The Morgan fingerprint density at radius 3 is 2.88 bits per heavy atom. The fourth-order valence-corrected chi connectivity index (χ4v) is 2.14. The summed E-state index contributed by atoms with van der Waals surface area (Å²) in [5.41, 5.74) is 0.783. The molecule has 5 nitrogen and oxygen atoms in total.